The zero-order valence-corrected chi connectivity index (χ0v) is 18.2. The minimum Gasteiger partial charge on any atom is -0.493 e. The Labute approximate surface area is 185 Å². The van der Waals surface area contributed by atoms with Crippen LogP contribution < -0.4 is 14.8 Å². The highest BCUT2D eigenvalue weighted by Gasteiger charge is 2.37. The van der Waals surface area contributed by atoms with Crippen LogP contribution in [0, 0.1) is 0 Å². The van der Waals surface area contributed by atoms with E-state index in [1.165, 1.54) is 21.3 Å². The second kappa shape index (κ2) is 8.63. The van der Waals surface area contributed by atoms with Crippen molar-refractivity contribution in [2.75, 3.05) is 33.8 Å². The maximum Gasteiger partial charge on any atom is 0.339 e. The largest absolute Gasteiger partial charge is 0.493 e. The highest BCUT2D eigenvalue weighted by Crippen LogP contribution is 2.45. The molecule has 3 aromatic rings. The van der Waals surface area contributed by atoms with Gasteiger partial charge in [0.25, 0.3) is 0 Å². The van der Waals surface area contributed by atoms with E-state index in [2.05, 4.69) is 5.32 Å². The average Bonchev–Trinajstić information content (AvgIpc) is 2.85. The molecule has 1 heterocycles. The summed E-state index contributed by atoms with van der Waals surface area (Å²) in [6.07, 6.45) is 0. The topological polar surface area (TPSA) is 83.1 Å². The summed E-state index contributed by atoms with van der Waals surface area (Å²) in [6, 6.07) is 16.2. The molecular weight excluding hydrogens is 410 g/mol. The number of hydrogen-bond acceptors (Lipinski definition) is 7. The van der Waals surface area contributed by atoms with Gasteiger partial charge in [-0.2, -0.15) is 0 Å². The Hall–Kier alpha value is -4.00. The number of carbonyl (C=O) groups excluding carboxylic acids is 2. The number of rotatable bonds is 5. The first-order valence-corrected chi connectivity index (χ1v) is 9.95. The highest BCUT2D eigenvalue weighted by molar-refractivity contribution is 6.28. The van der Waals surface area contributed by atoms with Gasteiger partial charge < -0.3 is 24.3 Å². The van der Waals surface area contributed by atoms with Crippen molar-refractivity contribution in [3.8, 4) is 11.5 Å². The van der Waals surface area contributed by atoms with Crippen molar-refractivity contribution in [2.24, 2.45) is 0 Å². The molecule has 0 aliphatic carbocycles. The fourth-order valence-electron chi connectivity index (χ4n) is 4.09. The molecule has 1 aliphatic rings. The van der Waals surface area contributed by atoms with Crippen molar-refractivity contribution < 1.29 is 28.5 Å². The summed E-state index contributed by atoms with van der Waals surface area (Å²) in [5.41, 5.74) is 2.34. The Morgan fingerprint density at radius 2 is 1.53 bits per heavy atom. The molecule has 3 aromatic carbocycles. The highest BCUT2D eigenvalue weighted by atomic mass is 16.5. The summed E-state index contributed by atoms with van der Waals surface area (Å²) in [5, 5.41) is 5.16. The van der Waals surface area contributed by atoms with Gasteiger partial charge in [0.15, 0.2) is 11.5 Å². The lowest BCUT2D eigenvalue weighted by atomic mass is 9.84. The molecule has 0 saturated carbocycles. The van der Waals surface area contributed by atoms with Crippen LogP contribution in [0.2, 0.25) is 0 Å². The molecule has 0 aromatic heterocycles. The second-order valence-corrected chi connectivity index (χ2v) is 7.17. The zero-order valence-electron chi connectivity index (χ0n) is 18.2. The smallest absolute Gasteiger partial charge is 0.339 e. The van der Waals surface area contributed by atoms with Crippen molar-refractivity contribution >= 4 is 34.0 Å². The molecule has 1 N–H and O–H groups in total. The number of methoxy groups -OCH3 is 4. The third-order valence-corrected chi connectivity index (χ3v) is 5.57. The van der Waals surface area contributed by atoms with E-state index < -0.39 is 18.0 Å². The van der Waals surface area contributed by atoms with E-state index in [0.717, 1.165) is 10.8 Å². The van der Waals surface area contributed by atoms with Gasteiger partial charge in [0.1, 0.15) is 0 Å². The molecular formula is C25H23NO6. The third kappa shape index (κ3) is 3.41. The number of benzene rings is 3. The van der Waals surface area contributed by atoms with E-state index >= 15 is 0 Å². The maximum atomic E-state index is 13.0. The maximum absolute atomic E-state index is 13.0. The Kier molecular flexibility index (Phi) is 5.73. The molecule has 1 unspecified atom stereocenters. The standard InChI is InChI=1S/C25H23NO6/c1-29-18-12-10-15(13-19(18)30-2)23-22(25(28)32-4)21(24(27)31-3)20-16-8-6-5-7-14(16)9-11-17(20)26-23/h5-13,23,26H,1-4H3. The normalized spacial score (nSPS) is 14.9. The van der Waals surface area contributed by atoms with Gasteiger partial charge in [-0.15, -0.1) is 0 Å². The van der Waals surface area contributed by atoms with Crippen LogP contribution in [0.15, 0.2) is 60.2 Å². The number of anilines is 1. The quantitative estimate of drug-likeness (QED) is 0.606. The first kappa shape index (κ1) is 21.2. The van der Waals surface area contributed by atoms with Gasteiger partial charge in [0, 0.05) is 11.3 Å². The number of esters is 2. The summed E-state index contributed by atoms with van der Waals surface area (Å²) in [6.45, 7) is 0. The summed E-state index contributed by atoms with van der Waals surface area (Å²) in [4.78, 5) is 26.1. The van der Waals surface area contributed by atoms with Crippen LogP contribution in [-0.4, -0.2) is 40.4 Å². The Morgan fingerprint density at radius 3 is 2.22 bits per heavy atom. The Morgan fingerprint density at radius 1 is 0.812 bits per heavy atom. The van der Waals surface area contributed by atoms with E-state index in [0.29, 0.717) is 28.3 Å². The lowest BCUT2D eigenvalue weighted by Crippen LogP contribution is -2.28. The Bertz CT molecular complexity index is 1250. The van der Waals surface area contributed by atoms with Gasteiger partial charge in [-0.3, -0.25) is 0 Å². The molecule has 1 atom stereocenters. The monoisotopic (exact) mass is 433 g/mol. The van der Waals surface area contributed by atoms with Gasteiger partial charge in [-0.05, 0) is 34.5 Å². The molecule has 7 nitrogen and oxygen atoms in total. The predicted molar refractivity (Wildman–Crippen MR) is 121 cm³/mol. The lowest BCUT2D eigenvalue weighted by molar-refractivity contribution is -0.138. The van der Waals surface area contributed by atoms with E-state index in [4.69, 9.17) is 18.9 Å². The molecule has 0 spiro atoms. The zero-order chi connectivity index (χ0) is 22.8. The average molecular weight is 433 g/mol. The van der Waals surface area contributed by atoms with Crippen LogP contribution in [0.1, 0.15) is 17.2 Å². The third-order valence-electron chi connectivity index (χ3n) is 5.57. The van der Waals surface area contributed by atoms with Crippen LogP contribution >= 0.6 is 0 Å². The minimum atomic E-state index is -0.676. The predicted octanol–water partition coefficient (Wildman–Crippen LogP) is 4.12. The SMILES string of the molecule is COC(=O)C1=C(C(=O)OC)C(c2ccc(OC)c(OC)c2)Nc2ccc3ccccc3c21. The second-order valence-electron chi connectivity index (χ2n) is 7.17. The molecule has 1 aliphatic heterocycles. The summed E-state index contributed by atoms with van der Waals surface area (Å²) >= 11 is 0. The summed E-state index contributed by atoms with van der Waals surface area (Å²) < 4.78 is 21.0. The minimum absolute atomic E-state index is 0.162. The fraction of sp³-hybridized carbons (Fsp3) is 0.200. The van der Waals surface area contributed by atoms with Gasteiger partial charge in [0.05, 0.1) is 45.6 Å². The van der Waals surface area contributed by atoms with E-state index in [9.17, 15) is 9.59 Å². The Balaban J connectivity index is 2.04. The molecule has 0 radical (unpaired) electrons. The van der Waals surface area contributed by atoms with Gasteiger partial charge in [-0.1, -0.05) is 36.4 Å². The van der Waals surface area contributed by atoms with Gasteiger partial charge in [-0.25, -0.2) is 9.59 Å². The van der Waals surface area contributed by atoms with Gasteiger partial charge in [0.2, 0.25) is 0 Å². The number of nitrogens with one attached hydrogen (secondary N) is 1. The van der Waals surface area contributed by atoms with E-state index in [1.807, 2.05) is 42.5 Å². The molecule has 0 amide bonds. The first-order valence-electron chi connectivity index (χ1n) is 9.95. The molecule has 7 heteroatoms. The van der Waals surface area contributed by atoms with Gasteiger partial charge >= 0.3 is 11.9 Å². The fourth-order valence-corrected chi connectivity index (χ4v) is 4.09. The number of fused-ring (bicyclic) bond motifs is 3. The van der Waals surface area contributed by atoms with Crippen molar-refractivity contribution in [3.63, 3.8) is 0 Å². The lowest BCUT2D eigenvalue weighted by Gasteiger charge is -2.31. The van der Waals surface area contributed by atoms with Crippen LogP contribution in [0.25, 0.3) is 16.3 Å². The van der Waals surface area contributed by atoms with Crippen LogP contribution in [-0.2, 0) is 19.1 Å². The first-order chi connectivity index (χ1) is 15.5. The van der Waals surface area contributed by atoms with Crippen molar-refractivity contribution in [1.29, 1.82) is 0 Å². The van der Waals surface area contributed by atoms with Crippen LogP contribution in [0.4, 0.5) is 5.69 Å². The molecule has 0 bridgehead atoms. The summed E-state index contributed by atoms with van der Waals surface area (Å²) in [7, 11) is 5.66. The van der Waals surface area contributed by atoms with Crippen molar-refractivity contribution in [1.82, 2.24) is 0 Å². The van der Waals surface area contributed by atoms with Crippen molar-refractivity contribution in [2.45, 2.75) is 6.04 Å². The molecule has 0 fully saturated rings. The summed E-state index contributed by atoms with van der Waals surface area (Å²) in [5.74, 6) is -0.193. The van der Waals surface area contributed by atoms with E-state index in [-0.39, 0.29) is 11.1 Å². The van der Waals surface area contributed by atoms with Crippen LogP contribution in [0.3, 0.4) is 0 Å². The molecule has 0 saturated heterocycles. The molecule has 164 valence electrons. The van der Waals surface area contributed by atoms with Crippen LogP contribution in [0.5, 0.6) is 11.5 Å². The molecule has 4 rings (SSSR count). The number of carbonyl (C=O) groups is 2. The number of ether oxygens (including phenoxy) is 4. The van der Waals surface area contributed by atoms with E-state index in [1.54, 1.807) is 19.2 Å². The van der Waals surface area contributed by atoms with Crippen molar-refractivity contribution in [3.05, 3.63) is 71.3 Å². The number of hydrogen-bond donors (Lipinski definition) is 1. The molecule has 32 heavy (non-hydrogen) atoms.